The standard InChI is InChI=1S/C31H30N2O2/c1-22-13-11-14-23(2)30(22)34-28-21-29(35-31-24(3)15-12-16-25(31)4)33(27-19-9-6-10-20-27)32(28)26-17-7-5-8-18-26/h5-21,28H,1-4H3. The van der Waals surface area contributed by atoms with Crippen LogP contribution in [-0.4, -0.2) is 6.23 Å². The summed E-state index contributed by atoms with van der Waals surface area (Å²) >= 11 is 0. The molecule has 4 aromatic rings. The third kappa shape index (κ3) is 4.47. The van der Waals surface area contributed by atoms with Gasteiger partial charge in [0, 0.05) is 6.08 Å². The number of ether oxygens (including phenoxy) is 2. The molecule has 0 saturated heterocycles. The average Bonchev–Trinajstić information content (AvgIpc) is 3.23. The van der Waals surface area contributed by atoms with Crippen molar-refractivity contribution in [1.29, 1.82) is 0 Å². The topological polar surface area (TPSA) is 24.9 Å². The highest BCUT2D eigenvalue weighted by atomic mass is 16.5. The Hall–Kier alpha value is -4.18. The number of rotatable bonds is 6. The highest BCUT2D eigenvalue weighted by molar-refractivity contribution is 5.65. The minimum absolute atomic E-state index is 0.406. The minimum Gasteiger partial charge on any atom is -0.464 e. The van der Waals surface area contributed by atoms with Crippen molar-refractivity contribution >= 4 is 11.4 Å². The van der Waals surface area contributed by atoms with Crippen LogP contribution >= 0.6 is 0 Å². The zero-order valence-corrected chi connectivity index (χ0v) is 20.6. The van der Waals surface area contributed by atoms with Gasteiger partial charge in [-0.3, -0.25) is 0 Å². The maximum Gasteiger partial charge on any atom is 0.221 e. The number of hydrogen-bond acceptors (Lipinski definition) is 4. The summed E-state index contributed by atoms with van der Waals surface area (Å²) in [5, 5.41) is 4.24. The molecule has 0 radical (unpaired) electrons. The molecule has 0 amide bonds. The second-order valence-corrected chi connectivity index (χ2v) is 8.88. The van der Waals surface area contributed by atoms with E-state index in [2.05, 4.69) is 104 Å². The SMILES string of the molecule is Cc1cccc(C)c1OC1=CC(Oc2c(C)cccc2C)N(c2ccccc2)N1c1ccccc1. The maximum absolute atomic E-state index is 6.71. The molecule has 1 unspecified atom stereocenters. The Kier molecular flexibility index (Phi) is 6.19. The van der Waals surface area contributed by atoms with Gasteiger partial charge in [-0.1, -0.05) is 72.8 Å². The van der Waals surface area contributed by atoms with Gasteiger partial charge in [0.15, 0.2) is 0 Å². The molecule has 0 fully saturated rings. The molecular weight excluding hydrogens is 432 g/mol. The number of benzene rings is 4. The van der Waals surface area contributed by atoms with Crippen molar-refractivity contribution in [3.05, 3.63) is 131 Å². The van der Waals surface area contributed by atoms with Crippen molar-refractivity contribution in [3.63, 3.8) is 0 Å². The van der Waals surface area contributed by atoms with E-state index in [1.807, 2.05) is 36.4 Å². The van der Waals surface area contributed by atoms with Crippen LogP contribution in [0.1, 0.15) is 22.3 Å². The summed E-state index contributed by atoms with van der Waals surface area (Å²) in [5.74, 6) is 2.45. The molecule has 4 nitrogen and oxygen atoms in total. The Morgan fingerprint density at radius 3 is 1.57 bits per heavy atom. The smallest absolute Gasteiger partial charge is 0.221 e. The zero-order valence-electron chi connectivity index (χ0n) is 20.6. The highest BCUT2D eigenvalue weighted by Crippen LogP contribution is 2.38. The summed E-state index contributed by atoms with van der Waals surface area (Å²) < 4.78 is 13.4. The Morgan fingerprint density at radius 1 is 0.543 bits per heavy atom. The highest BCUT2D eigenvalue weighted by Gasteiger charge is 2.37. The number of para-hydroxylation sites is 4. The van der Waals surface area contributed by atoms with Crippen molar-refractivity contribution in [2.24, 2.45) is 0 Å². The number of hydrazine groups is 1. The Labute approximate surface area is 207 Å². The summed E-state index contributed by atoms with van der Waals surface area (Å²) in [6.07, 6.45) is 1.65. The third-order valence-corrected chi connectivity index (χ3v) is 6.23. The van der Waals surface area contributed by atoms with Crippen molar-refractivity contribution in [1.82, 2.24) is 0 Å². The van der Waals surface area contributed by atoms with Crippen LogP contribution in [0.2, 0.25) is 0 Å². The van der Waals surface area contributed by atoms with Crippen LogP contribution in [0.3, 0.4) is 0 Å². The predicted octanol–water partition coefficient (Wildman–Crippen LogP) is 7.49. The molecule has 5 rings (SSSR count). The summed E-state index contributed by atoms with van der Waals surface area (Å²) in [6.45, 7) is 8.31. The fraction of sp³-hybridized carbons (Fsp3) is 0.161. The van der Waals surface area contributed by atoms with Crippen LogP contribution in [0.15, 0.2) is 109 Å². The molecule has 0 aliphatic carbocycles. The number of nitrogens with zero attached hydrogens (tertiary/aromatic N) is 2. The van der Waals surface area contributed by atoms with Gasteiger partial charge in [-0.2, -0.15) is 0 Å². The lowest BCUT2D eigenvalue weighted by Crippen LogP contribution is -2.46. The van der Waals surface area contributed by atoms with Gasteiger partial charge >= 0.3 is 0 Å². The number of hydrogen-bond donors (Lipinski definition) is 0. The Bertz CT molecular complexity index is 1310. The maximum atomic E-state index is 6.71. The van der Waals surface area contributed by atoms with Crippen LogP contribution < -0.4 is 19.5 Å². The van der Waals surface area contributed by atoms with E-state index < -0.39 is 6.23 Å². The molecule has 1 atom stereocenters. The molecule has 176 valence electrons. The second kappa shape index (κ2) is 9.59. The van der Waals surface area contributed by atoms with E-state index in [0.29, 0.717) is 5.88 Å². The van der Waals surface area contributed by atoms with E-state index in [0.717, 1.165) is 45.1 Å². The molecule has 0 spiro atoms. The lowest BCUT2D eigenvalue weighted by molar-refractivity contribution is 0.247. The van der Waals surface area contributed by atoms with E-state index in [4.69, 9.17) is 9.47 Å². The molecule has 0 bridgehead atoms. The zero-order chi connectivity index (χ0) is 24.4. The lowest BCUT2D eigenvalue weighted by atomic mass is 10.1. The van der Waals surface area contributed by atoms with Gasteiger partial charge in [-0.05, 0) is 74.2 Å². The predicted molar refractivity (Wildman–Crippen MR) is 143 cm³/mol. The first kappa shape index (κ1) is 22.6. The molecule has 1 aliphatic rings. The van der Waals surface area contributed by atoms with Gasteiger partial charge in [-0.25, -0.2) is 10.0 Å². The van der Waals surface area contributed by atoms with Crippen LogP contribution in [-0.2, 0) is 0 Å². The van der Waals surface area contributed by atoms with Crippen LogP contribution in [0.5, 0.6) is 11.5 Å². The molecule has 0 aromatic heterocycles. The molecule has 0 saturated carbocycles. The Morgan fingerprint density at radius 2 is 1.03 bits per heavy atom. The summed E-state index contributed by atoms with van der Waals surface area (Å²) in [4.78, 5) is 0. The molecular formula is C31H30N2O2. The molecule has 4 heteroatoms. The van der Waals surface area contributed by atoms with Crippen molar-refractivity contribution in [2.75, 3.05) is 10.0 Å². The van der Waals surface area contributed by atoms with Crippen molar-refractivity contribution in [3.8, 4) is 11.5 Å². The fourth-order valence-corrected chi connectivity index (χ4v) is 4.48. The van der Waals surface area contributed by atoms with Crippen molar-refractivity contribution < 1.29 is 9.47 Å². The third-order valence-electron chi connectivity index (χ3n) is 6.23. The largest absolute Gasteiger partial charge is 0.464 e. The van der Waals surface area contributed by atoms with E-state index in [-0.39, 0.29) is 0 Å². The fourth-order valence-electron chi connectivity index (χ4n) is 4.48. The molecule has 0 N–H and O–H groups in total. The van der Waals surface area contributed by atoms with Gasteiger partial charge in [0.1, 0.15) is 11.5 Å². The monoisotopic (exact) mass is 462 g/mol. The van der Waals surface area contributed by atoms with Gasteiger partial charge < -0.3 is 9.47 Å². The van der Waals surface area contributed by atoms with Gasteiger partial charge in [0.2, 0.25) is 12.1 Å². The van der Waals surface area contributed by atoms with E-state index in [9.17, 15) is 0 Å². The number of aryl methyl sites for hydroxylation is 4. The Balaban J connectivity index is 1.64. The van der Waals surface area contributed by atoms with Crippen LogP contribution in [0, 0.1) is 27.7 Å². The molecule has 35 heavy (non-hydrogen) atoms. The first-order valence-electron chi connectivity index (χ1n) is 11.9. The number of anilines is 2. The summed E-state index contributed by atoms with van der Waals surface area (Å²) in [6, 6.07) is 33.0. The van der Waals surface area contributed by atoms with E-state index >= 15 is 0 Å². The first-order chi connectivity index (χ1) is 17.0. The normalized spacial score (nSPS) is 15.2. The second-order valence-electron chi connectivity index (χ2n) is 8.88. The van der Waals surface area contributed by atoms with Gasteiger partial charge in [0.05, 0.1) is 11.4 Å². The molecule has 1 heterocycles. The van der Waals surface area contributed by atoms with Gasteiger partial charge in [0.25, 0.3) is 0 Å². The van der Waals surface area contributed by atoms with E-state index in [1.165, 1.54) is 0 Å². The summed E-state index contributed by atoms with van der Waals surface area (Å²) in [7, 11) is 0. The molecule has 4 aromatic carbocycles. The molecule has 1 aliphatic heterocycles. The first-order valence-corrected chi connectivity index (χ1v) is 11.9. The summed E-state index contributed by atoms with van der Waals surface area (Å²) in [5.41, 5.74) is 6.36. The van der Waals surface area contributed by atoms with Crippen LogP contribution in [0.4, 0.5) is 11.4 Å². The minimum atomic E-state index is -0.406. The van der Waals surface area contributed by atoms with E-state index in [1.54, 1.807) is 0 Å². The van der Waals surface area contributed by atoms with Crippen molar-refractivity contribution in [2.45, 2.75) is 33.9 Å². The van der Waals surface area contributed by atoms with Gasteiger partial charge in [-0.15, -0.1) is 0 Å². The lowest BCUT2D eigenvalue weighted by Gasteiger charge is -2.36. The van der Waals surface area contributed by atoms with Crippen LogP contribution in [0.25, 0.3) is 0 Å². The quantitative estimate of drug-likeness (QED) is 0.296. The average molecular weight is 463 g/mol.